The highest BCUT2D eigenvalue weighted by atomic mass is 16.3. The van der Waals surface area contributed by atoms with Gasteiger partial charge in [-0.25, -0.2) is 0 Å². The maximum absolute atomic E-state index is 8.95. The van der Waals surface area contributed by atoms with E-state index in [0.717, 1.165) is 30.6 Å². The van der Waals surface area contributed by atoms with Gasteiger partial charge in [-0.2, -0.15) is 0 Å². The first-order valence-electron chi connectivity index (χ1n) is 6.74. The molecule has 0 amide bonds. The Hall–Kier alpha value is -1.39. The minimum absolute atomic E-state index is 0.107. The van der Waals surface area contributed by atoms with Crippen molar-refractivity contribution in [2.24, 2.45) is 5.73 Å². The summed E-state index contributed by atoms with van der Waals surface area (Å²) in [6, 6.07) is 6.34. The average molecular weight is 263 g/mol. The lowest BCUT2D eigenvalue weighted by atomic mass is 10.0. The molecule has 0 atom stereocenters. The van der Waals surface area contributed by atoms with Crippen LogP contribution < -0.4 is 5.73 Å². The number of rotatable bonds is 7. The first kappa shape index (κ1) is 15.7. The Morgan fingerprint density at radius 1 is 1.42 bits per heavy atom. The van der Waals surface area contributed by atoms with E-state index in [1.807, 2.05) is 25.1 Å². The third-order valence-electron chi connectivity index (χ3n) is 3.36. The normalized spacial score (nSPS) is 11.3. The summed E-state index contributed by atoms with van der Waals surface area (Å²) in [6.45, 7) is 8.36. The number of hydrogen-bond donors (Lipinski definition) is 3. The van der Waals surface area contributed by atoms with Crippen LogP contribution in [0.1, 0.15) is 37.0 Å². The summed E-state index contributed by atoms with van der Waals surface area (Å²) in [5.41, 5.74) is 8.67. The number of nitrogens with one attached hydrogen (secondary N) is 1. The van der Waals surface area contributed by atoms with E-state index in [1.54, 1.807) is 0 Å². The van der Waals surface area contributed by atoms with Gasteiger partial charge in [0, 0.05) is 31.3 Å². The second-order valence-corrected chi connectivity index (χ2v) is 5.20. The van der Waals surface area contributed by atoms with Crippen LogP contribution in [0.5, 0.6) is 0 Å². The van der Waals surface area contributed by atoms with E-state index in [0.29, 0.717) is 6.04 Å². The molecule has 0 aliphatic rings. The molecule has 0 aliphatic carbocycles. The Morgan fingerprint density at radius 2 is 2.11 bits per heavy atom. The lowest BCUT2D eigenvalue weighted by Gasteiger charge is -2.27. The highest BCUT2D eigenvalue weighted by molar-refractivity contribution is 5.95. The number of nitrogen functional groups attached to an aromatic ring is 1. The number of aliphatic hydroxyl groups is 1. The summed E-state index contributed by atoms with van der Waals surface area (Å²) in [5, 5.41) is 16.4. The number of nitrogens with two attached hydrogens (primary N) is 1. The standard InChI is InChI=1S/C15H25N3O/c1-11(2)18(7-4-8-19)10-14-6-5-13(15(16)17)9-12(14)3/h5-6,9,11,19H,4,7-8,10H2,1-3H3,(H3,16,17). The molecule has 4 heteroatoms. The van der Waals surface area contributed by atoms with E-state index >= 15 is 0 Å². The number of nitrogens with zero attached hydrogens (tertiary/aromatic N) is 1. The second-order valence-electron chi connectivity index (χ2n) is 5.20. The molecule has 0 radical (unpaired) electrons. The average Bonchev–Trinajstić information content (AvgIpc) is 2.35. The van der Waals surface area contributed by atoms with Crippen molar-refractivity contribution in [3.05, 3.63) is 34.9 Å². The summed E-state index contributed by atoms with van der Waals surface area (Å²) in [7, 11) is 0. The van der Waals surface area contributed by atoms with E-state index in [2.05, 4.69) is 18.7 Å². The Balaban J connectivity index is 2.81. The molecule has 0 aliphatic heterocycles. The van der Waals surface area contributed by atoms with Gasteiger partial charge in [-0.15, -0.1) is 0 Å². The third-order valence-corrected chi connectivity index (χ3v) is 3.36. The van der Waals surface area contributed by atoms with Gasteiger partial charge in [0.05, 0.1) is 0 Å². The molecule has 0 unspecified atom stereocenters. The lowest BCUT2D eigenvalue weighted by molar-refractivity contribution is 0.184. The lowest BCUT2D eigenvalue weighted by Crippen LogP contribution is -2.32. The van der Waals surface area contributed by atoms with Crippen LogP contribution in [0.15, 0.2) is 18.2 Å². The van der Waals surface area contributed by atoms with Gasteiger partial charge in [0.25, 0.3) is 0 Å². The van der Waals surface area contributed by atoms with Crippen molar-refractivity contribution in [3.63, 3.8) is 0 Å². The third kappa shape index (κ3) is 4.65. The SMILES string of the molecule is Cc1cc(C(=N)N)ccc1CN(CCCO)C(C)C. The monoisotopic (exact) mass is 263 g/mol. The first-order chi connectivity index (χ1) is 8.95. The molecule has 0 aromatic heterocycles. The van der Waals surface area contributed by atoms with Gasteiger partial charge in [-0.3, -0.25) is 10.3 Å². The predicted molar refractivity (Wildman–Crippen MR) is 79.4 cm³/mol. The molecule has 1 aromatic rings. The zero-order valence-corrected chi connectivity index (χ0v) is 12.1. The van der Waals surface area contributed by atoms with Crippen LogP contribution in [-0.4, -0.2) is 35.0 Å². The van der Waals surface area contributed by atoms with Crippen LogP contribution in [0.25, 0.3) is 0 Å². The molecule has 19 heavy (non-hydrogen) atoms. The minimum Gasteiger partial charge on any atom is -0.396 e. The van der Waals surface area contributed by atoms with Crippen molar-refractivity contribution in [2.45, 2.75) is 39.8 Å². The van der Waals surface area contributed by atoms with Crippen LogP contribution in [0, 0.1) is 12.3 Å². The summed E-state index contributed by atoms with van der Waals surface area (Å²) >= 11 is 0. The van der Waals surface area contributed by atoms with Crippen molar-refractivity contribution in [3.8, 4) is 0 Å². The van der Waals surface area contributed by atoms with Crippen molar-refractivity contribution in [1.29, 1.82) is 5.41 Å². The summed E-state index contributed by atoms with van der Waals surface area (Å²) in [4.78, 5) is 2.34. The van der Waals surface area contributed by atoms with Gasteiger partial charge >= 0.3 is 0 Å². The summed E-state index contributed by atoms with van der Waals surface area (Å²) in [5.74, 6) is 0.107. The van der Waals surface area contributed by atoms with Crippen molar-refractivity contribution in [2.75, 3.05) is 13.2 Å². The van der Waals surface area contributed by atoms with Crippen LogP contribution in [0.4, 0.5) is 0 Å². The van der Waals surface area contributed by atoms with E-state index in [1.165, 1.54) is 5.56 Å². The van der Waals surface area contributed by atoms with Gasteiger partial charge in [-0.05, 0) is 44.4 Å². The fraction of sp³-hybridized carbons (Fsp3) is 0.533. The topological polar surface area (TPSA) is 73.3 Å². The van der Waals surface area contributed by atoms with Crippen LogP contribution in [0.3, 0.4) is 0 Å². The molecule has 106 valence electrons. The van der Waals surface area contributed by atoms with E-state index in [-0.39, 0.29) is 12.4 Å². The Kier molecular flexibility index (Phi) is 5.99. The molecule has 1 aromatic carbocycles. The fourth-order valence-electron chi connectivity index (χ4n) is 2.05. The maximum atomic E-state index is 8.95. The van der Waals surface area contributed by atoms with Gasteiger partial charge in [-0.1, -0.05) is 12.1 Å². The number of aliphatic hydroxyl groups excluding tert-OH is 1. The van der Waals surface area contributed by atoms with Gasteiger partial charge in [0.1, 0.15) is 5.84 Å². The molecule has 0 spiro atoms. The van der Waals surface area contributed by atoms with Crippen molar-refractivity contribution in [1.82, 2.24) is 4.90 Å². The maximum Gasteiger partial charge on any atom is 0.122 e. The van der Waals surface area contributed by atoms with Crippen molar-refractivity contribution < 1.29 is 5.11 Å². The summed E-state index contributed by atoms with van der Waals surface area (Å²) in [6.07, 6.45) is 0.794. The molecule has 0 saturated carbocycles. The highest BCUT2D eigenvalue weighted by Gasteiger charge is 2.11. The quantitative estimate of drug-likeness (QED) is 0.519. The van der Waals surface area contributed by atoms with E-state index in [4.69, 9.17) is 16.2 Å². The van der Waals surface area contributed by atoms with E-state index < -0.39 is 0 Å². The number of aryl methyl sites for hydroxylation is 1. The molecular weight excluding hydrogens is 238 g/mol. The number of hydrogen-bond acceptors (Lipinski definition) is 3. The largest absolute Gasteiger partial charge is 0.396 e. The van der Waals surface area contributed by atoms with Gasteiger partial charge in [0.2, 0.25) is 0 Å². The predicted octanol–water partition coefficient (Wildman–Crippen LogP) is 1.87. The molecule has 0 bridgehead atoms. The molecule has 4 N–H and O–H groups in total. The molecular formula is C15H25N3O. The van der Waals surface area contributed by atoms with Crippen LogP contribution >= 0.6 is 0 Å². The number of benzene rings is 1. The zero-order chi connectivity index (χ0) is 14.4. The van der Waals surface area contributed by atoms with Gasteiger partial charge in [0.15, 0.2) is 0 Å². The Bertz CT molecular complexity index is 429. The molecule has 4 nitrogen and oxygen atoms in total. The molecule has 1 rings (SSSR count). The van der Waals surface area contributed by atoms with E-state index in [9.17, 15) is 0 Å². The highest BCUT2D eigenvalue weighted by Crippen LogP contribution is 2.15. The van der Waals surface area contributed by atoms with Crippen molar-refractivity contribution >= 4 is 5.84 Å². The Morgan fingerprint density at radius 3 is 2.58 bits per heavy atom. The molecule has 0 heterocycles. The Labute approximate surface area is 115 Å². The van der Waals surface area contributed by atoms with Crippen LogP contribution in [-0.2, 0) is 6.54 Å². The second kappa shape index (κ2) is 7.26. The first-order valence-corrected chi connectivity index (χ1v) is 6.74. The molecule has 0 fully saturated rings. The number of amidine groups is 1. The smallest absolute Gasteiger partial charge is 0.122 e. The minimum atomic E-state index is 0.107. The fourth-order valence-corrected chi connectivity index (χ4v) is 2.05. The summed E-state index contributed by atoms with van der Waals surface area (Å²) < 4.78 is 0. The van der Waals surface area contributed by atoms with Gasteiger partial charge < -0.3 is 10.8 Å². The molecule has 0 saturated heterocycles. The van der Waals surface area contributed by atoms with Crippen LogP contribution in [0.2, 0.25) is 0 Å². The zero-order valence-electron chi connectivity index (χ0n) is 12.1.